The quantitative estimate of drug-likeness (QED) is 0.877. The van der Waals surface area contributed by atoms with E-state index in [-0.39, 0.29) is 5.56 Å². The zero-order valence-electron chi connectivity index (χ0n) is 11.4. The van der Waals surface area contributed by atoms with E-state index in [2.05, 4.69) is 5.32 Å². The van der Waals surface area contributed by atoms with Gasteiger partial charge in [0, 0.05) is 11.1 Å². The van der Waals surface area contributed by atoms with Gasteiger partial charge in [-0.15, -0.1) is 0 Å². The van der Waals surface area contributed by atoms with Crippen LogP contribution in [0, 0.1) is 0 Å². The van der Waals surface area contributed by atoms with Gasteiger partial charge in [0.2, 0.25) is 0 Å². The number of ether oxygens (including phenoxy) is 1. The minimum atomic E-state index is -1.09. The Balaban J connectivity index is 2.25. The number of amides is 1. The summed E-state index contributed by atoms with van der Waals surface area (Å²) in [6.07, 6.45) is 0.571. The summed E-state index contributed by atoms with van der Waals surface area (Å²) >= 11 is 0. The van der Waals surface area contributed by atoms with Crippen molar-refractivity contribution in [2.24, 2.45) is 0 Å². The maximum absolute atomic E-state index is 11.6. The Labute approximate surface area is 115 Å². The van der Waals surface area contributed by atoms with Gasteiger partial charge in [0.15, 0.2) is 0 Å². The molecule has 2 aromatic rings. The Morgan fingerprint density at radius 1 is 1.30 bits per heavy atom. The summed E-state index contributed by atoms with van der Waals surface area (Å²) in [6.45, 7) is 5.27. The van der Waals surface area contributed by atoms with Crippen LogP contribution >= 0.6 is 0 Å². The largest absolute Gasteiger partial charge is 0.478 e. The molecule has 2 rings (SSSR count). The lowest BCUT2D eigenvalue weighted by Crippen LogP contribution is -2.27. The third kappa shape index (κ3) is 3.09. The molecular weight excluding hydrogens is 262 g/mol. The number of carbonyl (C=O) groups is 2. The summed E-state index contributed by atoms with van der Waals surface area (Å²) in [5.41, 5.74) is 0.330. The van der Waals surface area contributed by atoms with Crippen molar-refractivity contribution in [2.45, 2.75) is 26.4 Å². The number of anilines is 1. The van der Waals surface area contributed by atoms with Crippen LogP contribution in [0.5, 0.6) is 0 Å². The van der Waals surface area contributed by atoms with Crippen molar-refractivity contribution in [3.8, 4) is 0 Å². The van der Waals surface area contributed by atoms with E-state index in [4.69, 9.17) is 14.3 Å². The number of carboxylic acid groups (broad SMARTS) is 1. The highest BCUT2D eigenvalue weighted by molar-refractivity contribution is 6.03. The molecule has 0 radical (unpaired) electrons. The highest BCUT2D eigenvalue weighted by Crippen LogP contribution is 2.25. The first kappa shape index (κ1) is 13.9. The van der Waals surface area contributed by atoms with E-state index >= 15 is 0 Å². The molecule has 2 N–H and O–H groups in total. The van der Waals surface area contributed by atoms with Crippen LogP contribution in [0.15, 0.2) is 28.9 Å². The fourth-order valence-corrected chi connectivity index (χ4v) is 1.69. The molecule has 0 spiro atoms. The summed E-state index contributed by atoms with van der Waals surface area (Å²) in [7, 11) is 0. The van der Waals surface area contributed by atoms with Crippen LogP contribution in [0.3, 0.4) is 0 Å². The van der Waals surface area contributed by atoms with Gasteiger partial charge in [-0.1, -0.05) is 0 Å². The molecule has 106 valence electrons. The fraction of sp³-hybridized carbons (Fsp3) is 0.286. The minimum absolute atomic E-state index is 0.0489. The molecule has 0 unspecified atom stereocenters. The second kappa shape index (κ2) is 4.88. The SMILES string of the molecule is CC(C)(C)OC(=O)Nc1ccc2occ(C(=O)O)c2c1. The van der Waals surface area contributed by atoms with Crippen LogP contribution in [0.25, 0.3) is 11.0 Å². The second-order valence-electron chi connectivity index (χ2n) is 5.29. The molecule has 0 fully saturated rings. The molecule has 0 aliphatic carbocycles. The zero-order valence-corrected chi connectivity index (χ0v) is 11.4. The molecule has 1 amide bonds. The van der Waals surface area contributed by atoms with Gasteiger partial charge in [-0.2, -0.15) is 0 Å². The normalized spacial score (nSPS) is 11.3. The van der Waals surface area contributed by atoms with E-state index < -0.39 is 17.7 Å². The molecule has 0 saturated carbocycles. The van der Waals surface area contributed by atoms with Crippen molar-refractivity contribution in [3.05, 3.63) is 30.0 Å². The number of carboxylic acids is 1. The first-order valence-electron chi connectivity index (χ1n) is 6.01. The molecule has 0 atom stereocenters. The average molecular weight is 277 g/mol. The Bertz CT molecular complexity index is 666. The lowest BCUT2D eigenvalue weighted by atomic mass is 10.1. The number of benzene rings is 1. The lowest BCUT2D eigenvalue weighted by molar-refractivity contribution is 0.0634. The van der Waals surface area contributed by atoms with Crippen molar-refractivity contribution >= 4 is 28.7 Å². The third-order valence-electron chi connectivity index (χ3n) is 2.45. The van der Waals surface area contributed by atoms with E-state index in [1.54, 1.807) is 32.9 Å². The summed E-state index contributed by atoms with van der Waals surface area (Å²) in [5.74, 6) is -1.09. The second-order valence-corrected chi connectivity index (χ2v) is 5.29. The molecule has 1 aromatic carbocycles. The van der Waals surface area contributed by atoms with E-state index in [0.29, 0.717) is 16.7 Å². The topological polar surface area (TPSA) is 88.8 Å². The predicted octanol–water partition coefficient (Wildman–Crippen LogP) is 3.48. The number of nitrogens with one attached hydrogen (secondary N) is 1. The maximum Gasteiger partial charge on any atom is 0.412 e. The molecule has 1 heterocycles. The van der Waals surface area contributed by atoms with Gasteiger partial charge in [-0.3, -0.25) is 5.32 Å². The zero-order chi connectivity index (χ0) is 14.9. The van der Waals surface area contributed by atoms with Gasteiger partial charge in [0.25, 0.3) is 0 Å². The highest BCUT2D eigenvalue weighted by Gasteiger charge is 2.17. The van der Waals surface area contributed by atoms with Crippen LogP contribution in [0.1, 0.15) is 31.1 Å². The Morgan fingerprint density at radius 2 is 2.00 bits per heavy atom. The Kier molecular flexibility index (Phi) is 3.40. The van der Waals surface area contributed by atoms with Gasteiger partial charge in [-0.05, 0) is 39.0 Å². The molecule has 0 bridgehead atoms. The highest BCUT2D eigenvalue weighted by atomic mass is 16.6. The van der Waals surface area contributed by atoms with Crippen molar-refractivity contribution in [1.82, 2.24) is 0 Å². The van der Waals surface area contributed by atoms with Crippen LogP contribution in [-0.4, -0.2) is 22.8 Å². The van der Waals surface area contributed by atoms with Gasteiger partial charge in [0.05, 0.1) is 0 Å². The standard InChI is InChI=1S/C14H15NO5/c1-14(2,3)20-13(18)15-8-4-5-11-9(6-8)10(7-19-11)12(16)17/h4-7H,1-3H3,(H,15,18)(H,16,17). The number of rotatable bonds is 2. The molecule has 1 aromatic heterocycles. The summed E-state index contributed by atoms with van der Waals surface area (Å²) in [5, 5.41) is 12.0. The monoisotopic (exact) mass is 277 g/mol. The summed E-state index contributed by atoms with van der Waals surface area (Å²) < 4.78 is 10.2. The van der Waals surface area contributed by atoms with E-state index in [1.165, 1.54) is 12.3 Å². The van der Waals surface area contributed by atoms with Crippen LogP contribution in [-0.2, 0) is 4.74 Å². The summed E-state index contributed by atoms with van der Waals surface area (Å²) in [4.78, 5) is 22.7. The smallest absolute Gasteiger partial charge is 0.412 e. The van der Waals surface area contributed by atoms with E-state index in [1.807, 2.05) is 0 Å². The Hall–Kier alpha value is -2.50. The molecule has 6 nitrogen and oxygen atoms in total. The minimum Gasteiger partial charge on any atom is -0.478 e. The van der Waals surface area contributed by atoms with Crippen molar-refractivity contribution < 1.29 is 23.8 Å². The van der Waals surface area contributed by atoms with Crippen molar-refractivity contribution in [2.75, 3.05) is 5.32 Å². The fourth-order valence-electron chi connectivity index (χ4n) is 1.69. The van der Waals surface area contributed by atoms with E-state index in [0.717, 1.165) is 0 Å². The number of aromatic carboxylic acids is 1. The van der Waals surface area contributed by atoms with Gasteiger partial charge < -0.3 is 14.3 Å². The molecule has 0 saturated heterocycles. The molecule has 0 aliphatic heterocycles. The number of hydrogen-bond donors (Lipinski definition) is 2. The van der Waals surface area contributed by atoms with Gasteiger partial charge in [0.1, 0.15) is 23.0 Å². The van der Waals surface area contributed by atoms with Crippen LogP contribution in [0.4, 0.5) is 10.5 Å². The summed E-state index contributed by atoms with van der Waals surface area (Å²) in [6, 6.07) is 4.74. The van der Waals surface area contributed by atoms with Gasteiger partial charge in [-0.25, -0.2) is 9.59 Å². The van der Waals surface area contributed by atoms with Crippen LogP contribution in [0.2, 0.25) is 0 Å². The molecule has 20 heavy (non-hydrogen) atoms. The van der Waals surface area contributed by atoms with Crippen LogP contribution < -0.4 is 5.32 Å². The Morgan fingerprint density at radius 3 is 2.60 bits per heavy atom. The first-order valence-corrected chi connectivity index (χ1v) is 6.01. The number of fused-ring (bicyclic) bond motifs is 1. The van der Waals surface area contributed by atoms with Crippen molar-refractivity contribution in [3.63, 3.8) is 0 Å². The number of carbonyl (C=O) groups excluding carboxylic acids is 1. The number of furan rings is 1. The maximum atomic E-state index is 11.6. The van der Waals surface area contributed by atoms with Gasteiger partial charge >= 0.3 is 12.1 Å². The first-order chi connectivity index (χ1) is 9.26. The lowest BCUT2D eigenvalue weighted by Gasteiger charge is -2.19. The van der Waals surface area contributed by atoms with E-state index in [9.17, 15) is 9.59 Å². The number of hydrogen-bond acceptors (Lipinski definition) is 4. The molecule has 0 aliphatic rings. The molecule has 6 heteroatoms. The molecular formula is C14H15NO5. The predicted molar refractivity (Wildman–Crippen MR) is 73.0 cm³/mol. The third-order valence-corrected chi connectivity index (χ3v) is 2.45. The van der Waals surface area contributed by atoms with Crippen molar-refractivity contribution in [1.29, 1.82) is 0 Å². The average Bonchev–Trinajstić information content (AvgIpc) is 2.69.